The maximum atomic E-state index is 13.3. The highest BCUT2D eigenvalue weighted by Crippen LogP contribution is 2.33. The van der Waals surface area contributed by atoms with E-state index in [9.17, 15) is 9.18 Å². The Bertz CT molecular complexity index is 864. The van der Waals surface area contributed by atoms with Crippen LogP contribution < -0.4 is 0 Å². The Kier molecular flexibility index (Phi) is 1.81. The first-order valence-electron chi connectivity index (χ1n) is 5.99. The van der Waals surface area contributed by atoms with Crippen LogP contribution in [0.1, 0.15) is 21.7 Å². The molecule has 0 atom stereocenters. The van der Waals surface area contributed by atoms with Gasteiger partial charge in [0, 0.05) is 0 Å². The van der Waals surface area contributed by atoms with Gasteiger partial charge in [0.15, 0.2) is 5.82 Å². The highest BCUT2D eigenvalue weighted by Gasteiger charge is 2.30. The quantitative estimate of drug-likeness (QED) is 0.482. The monoisotopic (exact) mass is 252 g/mol. The van der Waals surface area contributed by atoms with Crippen LogP contribution in [0, 0.1) is 12.7 Å². The van der Waals surface area contributed by atoms with Gasteiger partial charge < -0.3 is 0 Å². The number of carbonyl (C=O) groups excluding carboxylic acids is 1. The van der Waals surface area contributed by atoms with E-state index in [1.54, 1.807) is 10.6 Å². The molecule has 0 aliphatic carbocycles. The van der Waals surface area contributed by atoms with Crippen LogP contribution in [0.5, 0.6) is 0 Å². The van der Waals surface area contributed by atoms with E-state index in [0.717, 1.165) is 16.6 Å². The number of carbonyl (C=O) groups is 1. The van der Waals surface area contributed by atoms with Crippen LogP contribution in [0.2, 0.25) is 0 Å². The number of imidazole rings is 1. The lowest BCUT2D eigenvalue weighted by atomic mass is 10.1. The Morgan fingerprint density at radius 2 is 2.05 bits per heavy atom. The molecule has 92 valence electrons. The third kappa shape index (κ3) is 1.20. The van der Waals surface area contributed by atoms with Gasteiger partial charge in [0.2, 0.25) is 5.78 Å². The maximum Gasteiger partial charge on any atom is 0.231 e. The minimum Gasteiger partial charge on any atom is -0.289 e. The first-order chi connectivity index (χ1) is 9.16. The Balaban J connectivity index is 2.17. The zero-order valence-corrected chi connectivity index (χ0v) is 10.1. The zero-order chi connectivity index (χ0) is 13.1. The number of hydrogen-bond donors (Lipinski definition) is 0. The molecule has 1 aliphatic heterocycles. The van der Waals surface area contributed by atoms with Crippen molar-refractivity contribution < 1.29 is 9.18 Å². The molecule has 4 heteroatoms. The lowest BCUT2D eigenvalue weighted by Gasteiger charge is -2.03. The van der Waals surface area contributed by atoms with Crippen LogP contribution in [0.25, 0.3) is 16.7 Å². The minimum atomic E-state index is -0.404. The van der Waals surface area contributed by atoms with Crippen LogP contribution in [0.3, 0.4) is 0 Å². The van der Waals surface area contributed by atoms with Crippen molar-refractivity contribution in [2.24, 2.45) is 0 Å². The lowest BCUT2D eigenvalue weighted by molar-refractivity contribution is 0.103. The second-order valence-electron chi connectivity index (χ2n) is 4.70. The summed E-state index contributed by atoms with van der Waals surface area (Å²) in [5.74, 6) is -0.256. The number of aryl methyl sites for hydroxylation is 1. The predicted molar refractivity (Wildman–Crippen MR) is 69.2 cm³/mol. The first kappa shape index (κ1) is 10.4. The molecule has 4 rings (SSSR count). The van der Waals surface area contributed by atoms with Crippen LogP contribution in [0.4, 0.5) is 4.39 Å². The van der Waals surface area contributed by atoms with Gasteiger partial charge in [-0.05, 0) is 36.8 Å². The normalized spacial score (nSPS) is 12.8. The third-order valence-corrected chi connectivity index (χ3v) is 3.53. The summed E-state index contributed by atoms with van der Waals surface area (Å²) in [5, 5.41) is 0. The summed E-state index contributed by atoms with van der Waals surface area (Å²) in [7, 11) is 0. The largest absolute Gasteiger partial charge is 0.289 e. The SMILES string of the molecule is Cc1cccc2c1nc1n2-c2ccc(F)cc2C1=O. The number of aromatic nitrogens is 2. The highest BCUT2D eigenvalue weighted by molar-refractivity contribution is 6.15. The van der Waals surface area contributed by atoms with Crippen LogP contribution in [0.15, 0.2) is 36.4 Å². The topological polar surface area (TPSA) is 34.9 Å². The highest BCUT2D eigenvalue weighted by atomic mass is 19.1. The number of fused-ring (bicyclic) bond motifs is 5. The van der Waals surface area contributed by atoms with Crippen molar-refractivity contribution in [3.63, 3.8) is 0 Å². The van der Waals surface area contributed by atoms with Crippen molar-refractivity contribution in [1.29, 1.82) is 0 Å². The molecule has 0 N–H and O–H groups in total. The average molecular weight is 252 g/mol. The van der Waals surface area contributed by atoms with Gasteiger partial charge in [0.1, 0.15) is 5.82 Å². The van der Waals surface area contributed by atoms with Crippen molar-refractivity contribution in [1.82, 2.24) is 9.55 Å². The van der Waals surface area contributed by atoms with Gasteiger partial charge in [-0.15, -0.1) is 0 Å². The van der Waals surface area contributed by atoms with E-state index in [0.29, 0.717) is 17.1 Å². The summed E-state index contributed by atoms with van der Waals surface area (Å²) in [6.07, 6.45) is 0. The van der Waals surface area contributed by atoms with Crippen LogP contribution in [-0.4, -0.2) is 15.3 Å². The fraction of sp³-hybridized carbons (Fsp3) is 0.0667. The molecule has 0 bridgehead atoms. The fourth-order valence-electron chi connectivity index (χ4n) is 2.64. The molecule has 0 saturated carbocycles. The predicted octanol–water partition coefficient (Wildman–Crippen LogP) is 3.02. The molecule has 2 heterocycles. The summed E-state index contributed by atoms with van der Waals surface area (Å²) in [6, 6.07) is 10.1. The molecule has 3 nitrogen and oxygen atoms in total. The Labute approximate surface area is 108 Å². The van der Waals surface area contributed by atoms with E-state index in [4.69, 9.17) is 0 Å². The molecule has 2 aromatic carbocycles. The smallest absolute Gasteiger partial charge is 0.231 e. The molecule has 1 aliphatic rings. The Hall–Kier alpha value is -2.49. The third-order valence-electron chi connectivity index (χ3n) is 3.53. The molecule has 19 heavy (non-hydrogen) atoms. The van der Waals surface area contributed by atoms with Crippen molar-refractivity contribution in [3.05, 3.63) is 59.2 Å². The molecule has 0 spiro atoms. The molecular formula is C15H9FN2O. The van der Waals surface area contributed by atoms with E-state index in [2.05, 4.69) is 4.98 Å². The molecule has 0 unspecified atom stereocenters. The second kappa shape index (κ2) is 3.29. The van der Waals surface area contributed by atoms with Gasteiger partial charge in [0.25, 0.3) is 0 Å². The van der Waals surface area contributed by atoms with Gasteiger partial charge in [-0.2, -0.15) is 0 Å². The average Bonchev–Trinajstić information content (AvgIpc) is 2.89. The molecule has 3 aromatic rings. The van der Waals surface area contributed by atoms with Crippen molar-refractivity contribution in [2.75, 3.05) is 0 Å². The molecular weight excluding hydrogens is 243 g/mol. The molecule has 0 saturated heterocycles. The number of nitrogens with zero attached hydrogens (tertiary/aromatic N) is 2. The van der Waals surface area contributed by atoms with Crippen LogP contribution in [-0.2, 0) is 0 Å². The van der Waals surface area contributed by atoms with Gasteiger partial charge in [0.05, 0.1) is 22.3 Å². The standard InChI is InChI=1S/C15H9FN2O/c1-8-3-2-4-12-13(8)17-15-14(19)10-7-9(16)5-6-11(10)18(12)15/h2-7H,1H3. The fourth-order valence-corrected chi connectivity index (χ4v) is 2.64. The number of ketones is 1. The number of hydrogen-bond acceptors (Lipinski definition) is 2. The van der Waals surface area contributed by atoms with Crippen molar-refractivity contribution in [2.45, 2.75) is 6.92 Å². The van der Waals surface area contributed by atoms with Gasteiger partial charge in [-0.25, -0.2) is 9.37 Å². The van der Waals surface area contributed by atoms with Crippen molar-refractivity contribution >= 4 is 16.8 Å². The summed E-state index contributed by atoms with van der Waals surface area (Å²) < 4.78 is 15.1. The van der Waals surface area contributed by atoms with E-state index in [1.807, 2.05) is 25.1 Å². The summed E-state index contributed by atoms with van der Waals surface area (Å²) in [6.45, 7) is 1.96. The van der Waals surface area contributed by atoms with E-state index in [1.165, 1.54) is 12.1 Å². The molecule has 0 fully saturated rings. The van der Waals surface area contributed by atoms with Gasteiger partial charge in [-0.1, -0.05) is 12.1 Å². The van der Waals surface area contributed by atoms with E-state index < -0.39 is 5.82 Å². The number of benzene rings is 2. The molecule has 0 amide bonds. The minimum absolute atomic E-state index is 0.217. The Morgan fingerprint density at radius 3 is 2.89 bits per heavy atom. The number of halogens is 1. The summed E-state index contributed by atoms with van der Waals surface area (Å²) >= 11 is 0. The van der Waals surface area contributed by atoms with Gasteiger partial charge in [-0.3, -0.25) is 9.36 Å². The number of para-hydroxylation sites is 1. The lowest BCUT2D eigenvalue weighted by Crippen LogP contribution is -1.97. The zero-order valence-electron chi connectivity index (χ0n) is 10.1. The van der Waals surface area contributed by atoms with Gasteiger partial charge >= 0.3 is 0 Å². The van der Waals surface area contributed by atoms with Crippen LogP contribution >= 0.6 is 0 Å². The van der Waals surface area contributed by atoms with E-state index in [-0.39, 0.29) is 5.78 Å². The number of rotatable bonds is 0. The summed E-state index contributed by atoms with van der Waals surface area (Å²) in [4.78, 5) is 16.7. The molecule has 1 aromatic heterocycles. The second-order valence-corrected chi connectivity index (χ2v) is 4.70. The first-order valence-corrected chi connectivity index (χ1v) is 5.99. The van der Waals surface area contributed by atoms with E-state index >= 15 is 0 Å². The summed E-state index contributed by atoms with van der Waals surface area (Å²) in [5.41, 5.74) is 3.81. The maximum absolute atomic E-state index is 13.3. The Morgan fingerprint density at radius 1 is 1.21 bits per heavy atom. The van der Waals surface area contributed by atoms with Crippen molar-refractivity contribution in [3.8, 4) is 5.69 Å². The molecule has 0 radical (unpaired) electrons.